The van der Waals surface area contributed by atoms with E-state index < -0.39 is 5.97 Å². The van der Waals surface area contributed by atoms with Crippen LogP contribution < -0.4 is 0 Å². The summed E-state index contributed by atoms with van der Waals surface area (Å²) < 4.78 is 10.6. The van der Waals surface area contributed by atoms with Crippen molar-refractivity contribution in [3.63, 3.8) is 0 Å². The van der Waals surface area contributed by atoms with Gasteiger partial charge in [0, 0.05) is 6.07 Å². The molecule has 0 aliphatic carbocycles. The monoisotopic (exact) mass is 312 g/mol. The van der Waals surface area contributed by atoms with Crippen LogP contribution in [-0.2, 0) is 4.74 Å². The van der Waals surface area contributed by atoms with Crippen molar-refractivity contribution in [1.82, 2.24) is 0 Å². The normalized spacial score (nSPS) is 8.69. The van der Waals surface area contributed by atoms with Crippen LogP contribution in [-0.4, -0.2) is 13.1 Å². The van der Waals surface area contributed by atoms with E-state index in [2.05, 4.69) is 36.6 Å². The predicted octanol–water partition coefficient (Wildman–Crippen LogP) is 3.62. The summed E-state index contributed by atoms with van der Waals surface area (Å²) in [4.78, 5) is 10.8. The summed E-state index contributed by atoms with van der Waals surface area (Å²) in [5, 5.41) is 0. The van der Waals surface area contributed by atoms with Crippen molar-refractivity contribution in [2.24, 2.45) is 0 Å². The van der Waals surface area contributed by atoms with Gasteiger partial charge in [0.25, 0.3) is 0 Å². The molecule has 3 nitrogen and oxygen atoms in total. The van der Waals surface area contributed by atoms with Gasteiger partial charge in [-0.05, 0) is 31.9 Å². The van der Waals surface area contributed by atoms with Crippen LogP contribution in [0.1, 0.15) is 24.4 Å². The molecule has 1 heterocycles. The van der Waals surface area contributed by atoms with Gasteiger partial charge in [-0.25, -0.2) is 4.79 Å². The molecular formula is C8H10Br2O3. The molecule has 0 spiro atoms. The van der Waals surface area contributed by atoms with Gasteiger partial charge in [0.2, 0.25) is 5.76 Å². The summed E-state index contributed by atoms with van der Waals surface area (Å²) >= 11 is 6.26. The lowest BCUT2D eigenvalue weighted by Gasteiger charge is -1.90. The Hall–Kier alpha value is -0.290. The first-order chi connectivity index (χ1) is 6.15. The Labute approximate surface area is 93.7 Å². The summed E-state index contributed by atoms with van der Waals surface area (Å²) in [5.74, 6) is -0.317. The van der Waals surface area contributed by atoms with Crippen LogP contribution in [0.2, 0.25) is 0 Å². The summed E-state index contributed by atoms with van der Waals surface area (Å²) in [6.45, 7) is 4.00. The summed E-state index contributed by atoms with van der Waals surface area (Å²) in [7, 11) is 1.30. The summed E-state index contributed by atoms with van der Waals surface area (Å²) in [6, 6.07) is 1.54. The highest BCUT2D eigenvalue weighted by Crippen LogP contribution is 2.26. The first kappa shape index (κ1) is 12.7. The minimum atomic E-state index is -0.489. The molecule has 0 atom stereocenters. The number of carbonyl (C=O) groups excluding carboxylic acids is 1. The third-order valence-electron chi connectivity index (χ3n) is 1.03. The van der Waals surface area contributed by atoms with Gasteiger partial charge in [0.05, 0.1) is 11.6 Å². The van der Waals surface area contributed by atoms with E-state index in [0.29, 0.717) is 9.14 Å². The Morgan fingerprint density at radius 3 is 2.31 bits per heavy atom. The average molecular weight is 314 g/mol. The number of hydrogen-bond acceptors (Lipinski definition) is 3. The highest BCUT2D eigenvalue weighted by atomic mass is 79.9. The molecule has 0 amide bonds. The van der Waals surface area contributed by atoms with Gasteiger partial charge in [-0.2, -0.15) is 0 Å². The standard InChI is InChI=1S/C6H4Br2O3.C2H6/c1-10-6(9)4-2-3(7)5(8)11-4;1-2/h2H,1H3;1-2H3. The molecule has 0 aliphatic heterocycles. The van der Waals surface area contributed by atoms with Crippen molar-refractivity contribution < 1.29 is 13.9 Å². The molecule has 0 fully saturated rings. The van der Waals surface area contributed by atoms with E-state index in [1.165, 1.54) is 13.2 Å². The van der Waals surface area contributed by atoms with E-state index >= 15 is 0 Å². The lowest BCUT2D eigenvalue weighted by Crippen LogP contribution is -1.97. The van der Waals surface area contributed by atoms with Crippen molar-refractivity contribution in [1.29, 1.82) is 0 Å². The van der Waals surface area contributed by atoms with E-state index in [1.807, 2.05) is 13.8 Å². The lowest BCUT2D eigenvalue weighted by atomic mass is 10.5. The molecule has 1 rings (SSSR count). The zero-order valence-electron chi connectivity index (χ0n) is 7.56. The van der Waals surface area contributed by atoms with Crippen molar-refractivity contribution in [2.45, 2.75) is 13.8 Å². The Morgan fingerprint density at radius 1 is 1.46 bits per heavy atom. The quantitative estimate of drug-likeness (QED) is 0.743. The third kappa shape index (κ3) is 3.52. The zero-order chi connectivity index (χ0) is 10.4. The molecule has 0 N–H and O–H groups in total. The highest BCUT2D eigenvalue weighted by Gasteiger charge is 2.13. The van der Waals surface area contributed by atoms with E-state index in [9.17, 15) is 4.79 Å². The Kier molecular flexibility index (Phi) is 6.07. The van der Waals surface area contributed by atoms with Gasteiger partial charge in [0.15, 0.2) is 4.67 Å². The lowest BCUT2D eigenvalue weighted by molar-refractivity contribution is 0.0563. The maximum atomic E-state index is 10.8. The van der Waals surface area contributed by atoms with Crippen molar-refractivity contribution >= 4 is 37.8 Å². The number of ether oxygens (including phenoxy) is 1. The maximum Gasteiger partial charge on any atom is 0.374 e. The molecule has 0 aliphatic rings. The van der Waals surface area contributed by atoms with E-state index in [1.54, 1.807) is 0 Å². The molecule has 74 valence electrons. The van der Waals surface area contributed by atoms with Crippen LogP contribution in [0.15, 0.2) is 19.6 Å². The summed E-state index contributed by atoms with van der Waals surface area (Å²) in [6.07, 6.45) is 0. The van der Waals surface area contributed by atoms with Crippen LogP contribution in [0, 0.1) is 0 Å². The molecule has 1 aromatic rings. The third-order valence-corrected chi connectivity index (χ3v) is 2.74. The minimum Gasteiger partial charge on any atom is -0.463 e. The molecule has 0 saturated heterocycles. The van der Waals surface area contributed by atoms with E-state index in [4.69, 9.17) is 4.42 Å². The van der Waals surface area contributed by atoms with Crippen molar-refractivity contribution in [3.05, 3.63) is 21.0 Å². The second-order valence-corrected chi connectivity index (χ2v) is 3.30. The first-order valence-corrected chi connectivity index (χ1v) is 5.27. The van der Waals surface area contributed by atoms with Gasteiger partial charge < -0.3 is 9.15 Å². The van der Waals surface area contributed by atoms with Crippen LogP contribution in [0.25, 0.3) is 0 Å². The van der Waals surface area contributed by atoms with E-state index in [-0.39, 0.29) is 5.76 Å². The Balaban J connectivity index is 0.000000671. The van der Waals surface area contributed by atoms with Gasteiger partial charge >= 0.3 is 5.97 Å². The number of furan rings is 1. The molecule has 0 radical (unpaired) electrons. The van der Waals surface area contributed by atoms with Crippen molar-refractivity contribution in [3.8, 4) is 0 Å². The average Bonchev–Trinajstić information content (AvgIpc) is 2.49. The minimum absolute atomic E-state index is 0.172. The molecular weight excluding hydrogens is 304 g/mol. The van der Waals surface area contributed by atoms with Crippen LogP contribution in [0.3, 0.4) is 0 Å². The second kappa shape index (κ2) is 6.21. The highest BCUT2D eigenvalue weighted by molar-refractivity contribution is 9.13. The fourth-order valence-electron chi connectivity index (χ4n) is 0.548. The molecule has 0 saturated carbocycles. The Bertz CT molecular complexity index is 261. The second-order valence-electron chi connectivity index (χ2n) is 1.72. The molecule has 1 aromatic heterocycles. The van der Waals surface area contributed by atoms with Crippen molar-refractivity contribution in [2.75, 3.05) is 7.11 Å². The molecule has 0 bridgehead atoms. The van der Waals surface area contributed by atoms with E-state index in [0.717, 1.165) is 0 Å². The number of esters is 1. The van der Waals surface area contributed by atoms with Crippen LogP contribution in [0.4, 0.5) is 0 Å². The maximum absolute atomic E-state index is 10.8. The largest absolute Gasteiger partial charge is 0.463 e. The summed E-state index contributed by atoms with van der Waals surface area (Å²) in [5.41, 5.74) is 0. The smallest absolute Gasteiger partial charge is 0.374 e. The number of hydrogen-bond donors (Lipinski definition) is 0. The molecule has 0 unspecified atom stereocenters. The fourth-order valence-corrected chi connectivity index (χ4v) is 1.13. The fraction of sp³-hybridized carbons (Fsp3) is 0.375. The number of rotatable bonds is 1. The van der Waals surface area contributed by atoms with Gasteiger partial charge in [-0.15, -0.1) is 0 Å². The molecule has 5 heteroatoms. The number of methoxy groups -OCH3 is 1. The van der Waals surface area contributed by atoms with Gasteiger partial charge in [-0.1, -0.05) is 13.8 Å². The SMILES string of the molecule is CC.COC(=O)c1cc(Br)c(Br)o1. The van der Waals surface area contributed by atoms with Crippen LogP contribution in [0.5, 0.6) is 0 Å². The van der Waals surface area contributed by atoms with Gasteiger partial charge in [-0.3, -0.25) is 0 Å². The Morgan fingerprint density at radius 2 is 2.00 bits per heavy atom. The zero-order valence-corrected chi connectivity index (χ0v) is 10.7. The molecule has 0 aromatic carbocycles. The van der Waals surface area contributed by atoms with Crippen LogP contribution >= 0.6 is 31.9 Å². The number of halogens is 2. The molecule has 13 heavy (non-hydrogen) atoms. The predicted molar refractivity (Wildman–Crippen MR) is 56.8 cm³/mol. The number of carbonyl (C=O) groups is 1. The topological polar surface area (TPSA) is 39.4 Å². The van der Waals surface area contributed by atoms with Gasteiger partial charge in [0.1, 0.15) is 0 Å². The first-order valence-electron chi connectivity index (χ1n) is 3.68.